The molecule has 1 atom stereocenters. The van der Waals surface area contributed by atoms with Crippen molar-refractivity contribution < 1.29 is 9.53 Å². The second-order valence-corrected chi connectivity index (χ2v) is 9.19. The molecule has 0 saturated heterocycles. The third-order valence-corrected chi connectivity index (χ3v) is 6.91. The van der Waals surface area contributed by atoms with E-state index in [1.54, 1.807) is 0 Å². The molecule has 1 aliphatic rings. The lowest BCUT2D eigenvalue weighted by Crippen LogP contribution is -2.09. The number of thiophene rings is 1. The van der Waals surface area contributed by atoms with E-state index in [2.05, 4.69) is 31.0 Å². The van der Waals surface area contributed by atoms with Gasteiger partial charge in [0.25, 0.3) is 0 Å². The van der Waals surface area contributed by atoms with Crippen molar-refractivity contribution in [3.63, 3.8) is 0 Å². The number of hydrogen-bond donors (Lipinski definition) is 0. The Hall–Kier alpha value is -1.67. The maximum atomic E-state index is 11.5. The largest absolute Gasteiger partial charge is 0.468 e. The van der Waals surface area contributed by atoms with Crippen LogP contribution in [-0.2, 0) is 22.4 Å². The number of esters is 1. The lowest BCUT2D eigenvalue weighted by atomic mass is 9.89. The van der Waals surface area contributed by atoms with E-state index in [4.69, 9.17) is 9.72 Å². The molecule has 4 rings (SSSR count). The Balaban J connectivity index is 1.91. The van der Waals surface area contributed by atoms with Gasteiger partial charge in [-0.15, -0.1) is 21.5 Å². The molecule has 3 aromatic rings. The molecule has 0 aliphatic heterocycles. The Morgan fingerprint density at radius 1 is 1.42 bits per heavy atom. The third-order valence-electron chi connectivity index (χ3n) is 4.86. The molecule has 0 N–H and O–H groups in total. The van der Waals surface area contributed by atoms with Crippen LogP contribution in [0, 0.1) is 5.92 Å². The summed E-state index contributed by atoms with van der Waals surface area (Å²) in [5.41, 5.74) is 2.27. The molecule has 8 heteroatoms. The summed E-state index contributed by atoms with van der Waals surface area (Å²) in [6.45, 7) is 6.56. The molecule has 0 unspecified atom stereocenters. The zero-order valence-electron chi connectivity index (χ0n) is 15.4. The molecule has 0 fully saturated rings. The lowest BCUT2D eigenvalue weighted by Gasteiger charge is -2.17. The van der Waals surface area contributed by atoms with E-state index >= 15 is 0 Å². The Morgan fingerprint density at radius 3 is 2.96 bits per heavy atom. The molecule has 0 bridgehead atoms. The summed E-state index contributed by atoms with van der Waals surface area (Å²) >= 11 is 3.16. The van der Waals surface area contributed by atoms with Crippen LogP contribution >= 0.6 is 23.1 Å². The van der Waals surface area contributed by atoms with Crippen LogP contribution in [-0.4, -0.2) is 38.4 Å². The Morgan fingerprint density at radius 2 is 2.23 bits per heavy atom. The van der Waals surface area contributed by atoms with E-state index in [1.165, 1.54) is 35.7 Å². The number of methoxy groups -OCH3 is 1. The fraction of sp³-hybridized carbons (Fsp3) is 0.556. The highest BCUT2D eigenvalue weighted by Gasteiger charge is 2.26. The van der Waals surface area contributed by atoms with Crippen molar-refractivity contribution in [1.29, 1.82) is 0 Å². The smallest absolute Gasteiger partial charge is 0.316 e. The topological polar surface area (TPSA) is 69.4 Å². The van der Waals surface area contributed by atoms with Gasteiger partial charge in [0.2, 0.25) is 0 Å². The average Bonchev–Trinajstić information content (AvgIpc) is 3.18. The highest BCUT2D eigenvalue weighted by Crippen LogP contribution is 2.40. The SMILES string of the molecule is COC(=O)CSc1nnc2c3c4c(sc3nc(C(C)C)n12)C[C@@H](C)CC4. The predicted octanol–water partition coefficient (Wildman–Crippen LogP) is 3.85. The van der Waals surface area contributed by atoms with Gasteiger partial charge in [-0.3, -0.25) is 9.20 Å². The van der Waals surface area contributed by atoms with Gasteiger partial charge in [0.1, 0.15) is 10.7 Å². The van der Waals surface area contributed by atoms with Crippen LogP contribution in [0.3, 0.4) is 0 Å². The number of carbonyl (C=O) groups is 1. The number of ether oxygens (including phenoxy) is 1. The van der Waals surface area contributed by atoms with Gasteiger partial charge in [0.05, 0.1) is 18.2 Å². The fourth-order valence-corrected chi connectivity index (χ4v) is 5.66. The van der Waals surface area contributed by atoms with E-state index in [0.717, 1.165) is 40.4 Å². The molecule has 3 heterocycles. The molecule has 0 aromatic carbocycles. The van der Waals surface area contributed by atoms with Gasteiger partial charge < -0.3 is 4.74 Å². The van der Waals surface area contributed by atoms with Crippen molar-refractivity contribution >= 4 is 44.9 Å². The number of aromatic nitrogens is 4. The average molecular weight is 391 g/mol. The first-order valence-corrected chi connectivity index (χ1v) is 10.7. The van der Waals surface area contributed by atoms with Crippen molar-refractivity contribution in [3.8, 4) is 0 Å². The van der Waals surface area contributed by atoms with Crippen LogP contribution in [0.25, 0.3) is 15.9 Å². The van der Waals surface area contributed by atoms with Crippen molar-refractivity contribution in [2.75, 3.05) is 12.9 Å². The van der Waals surface area contributed by atoms with Crippen LogP contribution in [0.2, 0.25) is 0 Å². The molecule has 0 amide bonds. The fourth-order valence-electron chi connectivity index (χ4n) is 3.50. The first-order valence-electron chi connectivity index (χ1n) is 8.88. The van der Waals surface area contributed by atoms with Gasteiger partial charge in [0, 0.05) is 10.8 Å². The van der Waals surface area contributed by atoms with Crippen molar-refractivity contribution in [1.82, 2.24) is 19.6 Å². The van der Waals surface area contributed by atoms with E-state index < -0.39 is 0 Å². The van der Waals surface area contributed by atoms with Gasteiger partial charge in [0.15, 0.2) is 10.8 Å². The number of hydrogen-bond acceptors (Lipinski definition) is 7. The number of aryl methyl sites for hydroxylation is 1. The highest BCUT2D eigenvalue weighted by atomic mass is 32.2. The molecule has 6 nitrogen and oxygen atoms in total. The molecule has 138 valence electrons. The number of nitrogens with zero attached hydrogens (tertiary/aromatic N) is 4. The van der Waals surface area contributed by atoms with Crippen molar-refractivity contribution in [3.05, 3.63) is 16.3 Å². The van der Waals surface area contributed by atoms with Crippen LogP contribution in [0.5, 0.6) is 0 Å². The molecular weight excluding hydrogens is 368 g/mol. The number of carbonyl (C=O) groups excluding carboxylic acids is 1. The number of thioether (sulfide) groups is 1. The summed E-state index contributed by atoms with van der Waals surface area (Å²) < 4.78 is 6.78. The predicted molar refractivity (Wildman–Crippen MR) is 104 cm³/mol. The summed E-state index contributed by atoms with van der Waals surface area (Å²) in [4.78, 5) is 19.0. The Kier molecular flexibility index (Phi) is 4.64. The molecule has 1 aliphatic carbocycles. The summed E-state index contributed by atoms with van der Waals surface area (Å²) in [7, 11) is 1.40. The minimum absolute atomic E-state index is 0.214. The van der Waals surface area contributed by atoms with Crippen LogP contribution in [0.4, 0.5) is 0 Å². The van der Waals surface area contributed by atoms with E-state index in [0.29, 0.717) is 5.16 Å². The first kappa shape index (κ1) is 17.7. The normalized spacial score (nSPS) is 17.2. The lowest BCUT2D eigenvalue weighted by molar-refractivity contribution is -0.137. The minimum Gasteiger partial charge on any atom is -0.468 e. The van der Waals surface area contributed by atoms with Crippen LogP contribution < -0.4 is 0 Å². The van der Waals surface area contributed by atoms with Gasteiger partial charge in [-0.05, 0) is 30.7 Å². The van der Waals surface area contributed by atoms with E-state index in [1.807, 2.05) is 15.7 Å². The van der Waals surface area contributed by atoms with Gasteiger partial charge in [-0.2, -0.15) is 0 Å². The summed E-state index contributed by atoms with van der Waals surface area (Å²) in [5.74, 6) is 1.84. The van der Waals surface area contributed by atoms with Gasteiger partial charge in [-0.25, -0.2) is 4.98 Å². The summed E-state index contributed by atoms with van der Waals surface area (Å²) in [6.07, 6.45) is 3.40. The minimum atomic E-state index is -0.270. The van der Waals surface area contributed by atoms with Crippen molar-refractivity contribution in [2.45, 2.75) is 51.1 Å². The number of rotatable bonds is 4. The molecule has 0 radical (unpaired) electrons. The van der Waals surface area contributed by atoms with Crippen LogP contribution in [0.15, 0.2) is 5.16 Å². The molecule has 0 saturated carbocycles. The van der Waals surface area contributed by atoms with Crippen LogP contribution in [0.1, 0.15) is 49.4 Å². The molecule has 3 aromatic heterocycles. The Labute approximate surface area is 160 Å². The molecular formula is C18H22N4O2S2. The quantitative estimate of drug-likeness (QED) is 0.498. The third kappa shape index (κ3) is 2.89. The zero-order chi connectivity index (χ0) is 18.4. The molecule has 26 heavy (non-hydrogen) atoms. The zero-order valence-corrected chi connectivity index (χ0v) is 17.0. The first-order chi connectivity index (χ1) is 12.5. The van der Waals surface area contributed by atoms with E-state index in [-0.39, 0.29) is 17.6 Å². The second kappa shape index (κ2) is 6.81. The highest BCUT2D eigenvalue weighted by molar-refractivity contribution is 7.99. The second-order valence-electron chi connectivity index (χ2n) is 7.16. The summed E-state index contributed by atoms with van der Waals surface area (Å²) in [6, 6.07) is 0. The summed E-state index contributed by atoms with van der Waals surface area (Å²) in [5, 5.41) is 10.7. The number of fused-ring (bicyclic) bond motifs is 5. The maximum absolute atomic E-state index is 11.5. The van der Waals surface area contributed by atoms with E-state index in [9.17, 15) is 4.79 Å². The monoisotopic (exact) mass is 390 g/mol. The Bertz CT molecular complexity index is 992. The van der Waals surface area contributed by atoms with Gasteiger partial charge >= 0.3 is 5.97 Å². The van der Waals surface area contributed by atoms with Crippen molar-refractivity contribution in [2.24, 2.45) is 5.92 Å². The maximum Gasteiger partial charge on any atom is 0.316 e. The molecule has 0 spiro atoms. The standard InChI is InChI=1S/C18H22N4O2S2/c1-9(2)15-19-17-14(11-6-5-10(3)7-12(11)26-17)16-20-21-18(22(15)16)25-8-13(23)24-4/h9-10H,5-8H2,1-4H3/t10-/m0/s1. The van der Waals surface area contributed by atoms with Gasteiger partial charge in [-0.1, -0.05) is 32.5 Å².